The van der Waals surface area contributed by atoms with Gasteiger partial charge in [-0.2, -0.15) is 0 Å². The van der Waals surface area contributed by atoms with Crippen LogP contribution >= 0.6 is 0 Å². The van der Waals surface area contributed by atoms with Gasteiger partial charge in [0.2, 0.25) is 0 Å². The van der Waals surface area contributed by atoms with E-state index in [9.17, 15) is 9.59 Å². The highest BCUT2D eigenvalue weighted by Crippen LogP contribution is 2.07. The van der Waals surface area contributed by atoms with Crippen molar-refractivity contribution in [1.82, 2.24) is 9.55 Å². The zero-order valence-electron chi connectivity index (χ0n) is 11.8. The molecule has 1 aromatic heterocycles. The molecule has 0 unspecified atom stereocenters. The summed E-state index contributed by atoms with van der Waals surface area (Å²) in [6.07, 6.45) is 0.969. The van der Waals surface area contributed by atoms with Crippen LogP contribution in [0.1, 0.15) is 18.1 Å². The van der Waals surface area contributed by atoms with E-state index >= 15 is 0 Å². The lowest BCUT2D eigenvalue weighted by Crippen LogP contribution is -2.35. The molecule has 0 spiro atoms. The largest absolute Gasteiger partial charge is 0.329 e. The number of nitrogens with zero attached hydrogens (tertiary/aromatic N) is 1. The molecule has 106 valence electrons. The molecule has 0 radical (unpaired) electrons. The van der Waals surface area contributed by atoms with Crippen molar-refractivity contribution in [3.05, 3.63) is 80.5 Å². The summed E-state index contributed by atoms with van der Waals surface area (Å²) in [6, 6.07) is 15.0. The first-order chi connectivity index (χ1) is 10.2. The first-order valence-corrected chi connectivity index (χ1v) is 6.98. The number of hydrogen-bond donors (Lipinski definition) is 1. The number of aromatic nitrogens is 2. The third-order valence-electron chi connectivity index (χ3n) is 3.66. The Morgan fingerprint density at radius 2 is 1.62 bits per heavy atom. The number of H-pyrrole nitrogens is 1. The van der Waals surface area contributed by atoms with E-state index in [1.807, 2.05) is 24.3 Å². The molecule has 3 rings (SSSR count). The van der Waals surface area contributed by atoms with Crippen LogP contribution in [-0.2, 0) is 13.0 Å². The van der Waals surface area contributed by atoms with Gasteiger partial charge in [-0.3, -0.25) is 9.36 Å². The lowest BCUT2D eigenvalue weighted by atomic mass is 10.1. The van der Waals surface area contributed by atoms with Gasteiger partial charge in [-0.05, 0) is 29.7 Å². The Labute approximate surface area is 121 Å². The van der Waals surface area contributed by atoms with Crippen LogP contribution in [0.4, 0.5) is 0 Å². The Morgan fingerprint density at radius 1 is 0.952 bits per heavy atom. The minimum atomic E-state index is -0.377. The van der Waals surface area contributed by atoms with E-state index in [0.29, 0.717) is 10.9 Å². The molecule has 4 heteroatoms. The maximum Gasteiger partial charge on any atom is 0.329 e. The van der Waals surface area contributed by atoms with Gasteiger partial charge < -0.3 is 4.98 Å². The molecule has 0 fully saturated rings. The fourth-order valence-electron chi connectivity index (χ4n) is 2.41. The zero-order valence-corrected chi connectivity index (χ0v) is 11.8. The number of aryl methyl sites for hydroxylation is 1. The summed E-state index contributed by atoms with van der Waals surface area (Å²) in [5.41, 5.74) is 2.12. The van der Waals surface area contributed by atoms with E-state index in [1.165, 1.54) is 10.1 Å². The molecule has 0 saturated heterocycles. The summed E-state index contributed by atoms with van der Waals surface area (Å²) in [4.78, 5) is 27.3. The van der Waals surface area contributed by atoms with E-state index in [4.69, 9.17) is 0 Å². The van der Waals surface area contributed by atoms with Crippen molar-refractivity contribution in [1.29, 1.82) is 0 Å². The van der Waals surface area contributed by atoms with Crippen LogP contribution in [0.3, 0.4) is 0 Å². The first-order valence-electron chi connectivity index (χ1n) is 6.98. The van der Waals surface area contributed by atoms with Crippen LogP contribution in [0.25, 0.3) is 10.9 Å². The Kier molecular flexibility index (Phi) is 3.44. The SMILES string of the molecule is CCc1ccc(Cn2c(=O)[nH]c3ccccc3c2=O)cc1. The molecule has 21 heavy (non-hydrogen) atoms. The number of para-hydroxylation sites is 1. The smallest absolute Gasteiger partial charge is 0.307 e. The maximum absolute atomic E-state index is 12.4. The lowest BCUT2D eigenvalue weighted by Gasteiger charge is -2.07. The third-order valence-corrected chi connectivity index (χ3v) is 3.66. The van der Waals surface area contributed by atoms with Crippen molar-refractivity contribution < 1.29 is 0 Å². The molecular formula is C17H16N2O2. The van der Waals surface area contributed by atoms with Crippen molar-refractivity contribution in [2.75, 3.05) is 0 Å². The first kappa shape index (κ1) is 13.4. The minimum Gasteiger partial charge on any atom is -0.307 e. The quantitative estimate of drug-likeness (QED) is 0.800. The number of rotatable bonds is 3. The average Bonchev–Trinajstić information content (AvgIpc) is 2.52. The van der Waals surface area contributed by atoms with E-state index < -0.39 is 0 Å². The lowest BCUT2D eigenvalue weighted by molar-refractivity contribution is 0.711. The van der Waals surface area contributed by atoms with Crippen LogP contribution < -0.4 is 11.2 Å². The van der Waals surface area contributed by atoms with E-state index in [2.05, 4.69) is 11.9 Å². The normalized spacial score (nSPS) is 10.9. The van der Waals surface area contributed by atoms with Gasteiger partial charge in [-0.1, -0.05) is 43.3 Å². The van der Waals surface area contributed by atoms with Gasteiger partial charge >= 0.3 is 5.69 Å². The Balaban J connectivity index is 2.07. The predicted molar refractivity (Wildman–Crippen MR) is 83.8 cm³/mol. The molecule has 0 atom stereocenters. The Bertz CT molecular complexity index is 889. The van der Waals surface area contributed by atoms with Gasteiger partial charge in [-0.15, -0.1) is 0 Å². The molecule has 2 aromatic carbocycles. The zero-order chi connectivity index (χ0) is 14.8. The molecule has 0 bridgehead atoms. The highest BCUT2D eigenvalue weighted by Gasteiger charge is 2.07. The second-order valence-corrected chi connectivity index (χ2v) is 5.04. The van der Waals surface area contributed by atoms with Crippen molar-refractivity contribution in [3.63, 3.8) is 0 Å². The van der Waals surface area contributed by atoms with Gasteiger partial charge in [0.05, 0.1) is 17.4 Å². The molecule has 1 N–H and O–H groups in total. The predicted octanol–water partition coefficient (Wildman–Crippen LogP) is 2.30. The molecule has 0 saturated carbocycles. The molecule has 0 aliphatic heterocycles. The van der Waals surface area contributed by atoms with Gasteiger partial charge in [0.25, 0.3) is 5.56 Å². The van der Waals surface area contributed by atoms with Gasteiger partial charge in [0.1, 0.15) is 0 Å². The molecule has 4 nitrogen and oxygen atoms in total. The Hall–Kier alpha value is -2.62. The molecule has 3 aromatic rings. The average molecular weight is 280 g/mol. The monoisotopic (exact) mass is 280 g/mol. The fourth-order valence-corrected chi connectivity index (χ4v) is 2.41. The number of aromatic amines is 1. The van der Waals surface area contributed by atoms with Crippen molar-refractivity contribution in [2.45, 2.75) is 19.9 Å². The van der Waals surface area contributed by atoms with Crippen LogP contribution in [-0.4, -0.2) is 9.55 Å². The second kappa shape index (κ2) is 5.40. The Morgan fingerprint density at radius 3 is 2.33 bits per heavy atom. The van der Waals surface area contributed by atoms with E-state index in [-0.39, 0.29) is 17.8 Å². The number of hydrogen-bond acceptors (Lipinski definition) is 2. The fraction of sp³-hybridized carbons (Fsp3) is 0.176. The highest BCUT2D eigenvalue weighted by atomic mass is 16.2. The van der Waals surface area contributed by atoms with Crippen molar-refractivity contribution in [3.8, 4) is 0 Å². The summed E-state index contributed by atoms with van der Waals surface area (Å²) < 4.78 is 1.24. The summed E-state index contributed by atoms with van der Waals surface area (Å²) in [5.74, 6) is 0. The number of nitrogens with one attached hydrogen (secondary N) is 1. The van der Waals surface area contributed by atoms with Crippen LogP contribution in [0.15, 0.2) is 58.1 Å². The number of fused-ring (bicyclic) bond motifs is 1. The summed E-state index contributed by atoms with van der Waals surface area (Å²) in [7, 11) is 0. The van der Waals surface area contributed by atoms with Crippen molar-refractivity contribution >= 4 is 10.9 Å². The van der Waals surface area contributed by atoms with Gasteiger partial charge in [-0.25, -0.2) is 4.79 Å². The van der Waals surface area contributed by atoms with Gasteiger partial charge in [0, 0.05) is 0 Å². The van der Waals surface area contributed by atoms with Crippen molar-refractivity contribution in [2.24, 2.45) is 0 Å². The standard InChI is InChI=1S/C17H16N2O2/c1-2-12-7-9-13(10-8-12)11-19-16(20)14-5-3-4-6-15(14)18-17(19)21/h3-10H,2,11H2,1H3,(H,18,21). The number of benzene rings is 2. The van der Waals surface area contributed by atoms with Crippen LogP contribution in [0.5, 0.6) is 0 Å². The van der Waals surface area contributed by atoms with Crippen LogP contribution in [0.2, 0.25) is 0 Å². The van der Waals surface area contributed by atoms with Gasteiger partial charge in [0.15, 0.2) is 0 Å². The third kappa shape index (κ3) is 2.52. The van der Waals surface area contributed by atoms with E-state index in [0.717, 1.165) is 12.0 Å². The molecule has 1 heterocycles. The minimum absolute atomic E-state index is 0.256. The summed E-state index contributed by atoms with van der Waals surface area (Å²) in [6.45, 7) is 2.37. The second-order valence-electron chi connectivity index (χ2n) is 5.04. The van der Waals surface area contributed by atoms with E-state index in [1.54, 1.807) is 24.3 Å². The highest BCUT2D eigenvalue weighted by molar-refractivity contribution is 5.76. The van der Waals surface area contributed by atoms with Crippen LogP contribution in [0, 0.1) is 0 Å². The molecule has 0 aliphatic carbocycles. The summed E-state index contributed by atoms with van der Waals surface area (Å²) in [5, 5.41) is 0.530. The molecule has 0 aliphatic rings. The molecule has 0 amide bonds. The molecular weight excluding hydrogens is 264 g/mol. The topological polar surface area (TPSA) is 54.9 Å². The summed E-state index contributed by atoms with van der Waals surface area (Å²) >= 11 is 0. The maximum atomic E-state index is 12.4.